The lowest BCUT2D eigenvalue weighted by atomic mass is 10.1. The highest BCUT2D eigenvalue weighted by atomic mass is 16.6. The highest BCUT2D eigenvalue weighted by Crippen LogP contribution is 2.31. The Kier molecular flexibility index (Phi) is 4.24. The summed E-state index contributed by atoms with van der Waals surface area (Å²) in [5.74, 6) is 1.01. The number of rotatable bonds is 4. The van der Waals surface area contributed by atoms with Gasteiger partial charge >= 0.3 is 0 Å². The summed E-state index contributed by atoms with van der Waals surface area (Å²) in [6.45, 7) is 1.38. The van der Waals surface area contributed by atoms with E-state index in [0.29, 0.717) is 31.3 Å². The van der Waals surface area contributed by atoms with Gasteiger partial charge in [0.2, 0.25) is 0 Å². The summed E-state index contributed by atoms with van der Waals surface area (Å²) in [5.41, 5.74) is 6.17. The van der Waals surface area contributed by atoms with Gasteiger partial charge in [0.25, 0.3) is 5.91 Å². The summed E-state index contributed by atoms with van der Waals surface area (Å²) >= 11 is 0. The molecule has 0 spiro atoms. The Hall–Kier alpha value is -1.79. The molecule has 19 heavy (non-hydrogen) atoms. The van der Waals surface area contributed by atoms with Crippen LogP contribution in [0.25, 0.3) is 0 Å². The van der Waals surface area contributed by atoms with Crippen molar-refractivity contribution in [1.29, 1.82) is 0 Å². The molecular formula is C13H18N2O4. The molecule has 0 aliphatic carbocycles. The molecule has 1 heterocycles. The lowest BCUT2D eigenvalue weighted by Crippen LogP contribution is -2.40. The number of benzene rings is 1. The normalized spacial score (nSPS) is 14.9. The number of carbonyl (C=O) groups is 1. The van der Waals surface area contributed by atoms with Crippen LogP contribution in [-0.4, -0.2) is 48.8 Å². The van der Waals surface area contributed by atoms with E-state index in [4.69, 9.17) is 15.2 Å². The molecule has 3 N–H and O–H groups in total. The molecule has 104 valence electrons. The van der Waals surface area contributed by atoms with Crippen LogP contribution in [0, 0.1) is 0 Å². The van der Waals surface area contributed by atoms with Crippen molar-refractivity contribution >= 4 is 5.91 Å². The van der Waals surface area contributed by atoms with Crippen LogP contribution in [0.5, 0.6) is 11.5 Å². The minimum atomic E-state index is -1.15. The maximum absolute atomic E-state index is 11.7. The average Bonchev–Trinajstić information content (AvgIpc) is 2.45. The first-order valence-corrected chi connectivity index (χ1v) is 6.13. The third-order valence-corrected chi connectivity index (χ3v) is 2.91. The summed E-state index contributed by atoms with van der Waals surface area (Å²) in [7, 11) is 1.62. The molecule has 1 atom stereocenters. The molecule has 0 fully saturated rings. The Morgan fingerprint density at radius 1 is 1.42 bits per heavy atom. The van der Waals surface area contributed by atoms with Crippen LogP contribution in [0.15, 0.2) is 18.2 Å². The Morgan fingerprint density at radius 3 is 2.79 bits per heavy atom. The van der Waals surface area contributed by atoms with Crippen LogP contribution in [-0.2, 0) is 11.3 Å². The Morgan fingerprint density at radius 2 is 2.11 bits per heavy atom. The van der Waals surface area contributed by atoms with E-state index in [1.165, 1.54) is 4.90 Å². The van der Waals surface area contributed by atoms with E-state index >= 15 is 0 Å². The molecule has 0 aromatic heterocycles. The van der Waals surface area contributed by atoms with Gasteiger partial charge < -0.3 is 25.2 Å². The Balaban J connectivity index is 2.05. The van der Waals surface area contributed by atoms with Gasteiger partial charge in [0.15, 0.2) is 11.5 Å². The molecule has 0 bridgehead atoms. The molecule has 1 aliphatic heterocycles. The van der Waals surface area contributed by atoms with Gasteiger partial charge in [-0.1, -0.05) is 6.07 Å². The number of likely N-dealkylation sites (N-methyl/N-ethyl adjacent to an activating group) is 1. The first-order valence-electron chi connectivity index (χ1n) is 6.13. The number of amides is 1. The SMILES string of the molecule is CN(Cc1ccc2c(c1)OCCO2)C(=O)C(O)CN. The maximum Gasteiger partial charge on any atom is 0.252 e. The van der Waals surface area contributed by atoms with E-state index in [-0.39, 0.29) is 6.54 Å². The predicted molar refractivity (Wildman–Crippen MR) is 69.0 cm³/mol. The van der Waals surface area contributed by atoms with Crippen molar-refractivity contribution in [3.63, 3.8) is 0 Å². The third-order valence-electron chi connectivity index (χ3n) is 2.91. The fourth-order valence-electron chi connectivity index (χ4n) is 1.89. The van der Waals surface area contributed by atoms with Crippen LogP contribution in [0.1, 0.15) is 5.56 Å². The molecule has 1 unspecified atom stereocenters. The zero-order chi connectivity index (χ0) is 13.8. The number of ether oxygens (including phenoxy) is 2. The van der Waals surface area contributed by atoms with Crippen molar-refractivity contribution < 1.29 is 19.4 Å². The van der Waals surface area contributed by atoms with Crippen molar-refractivity contribution in [2.45, 2.75) is 12.6 Å². The van der Waals surface area contributed by atoms with Crippen molar-refractivity contribution in [2.24, 2.45) is 5.73 Å². The number of fused-ring (bicyclic) bond motifs is 1. The fraction of sp³-hybridized carbons (Fsp3) is 0.462. The van der Waals surface area contributed by atoms with Crippen molar-refractivity contribution in [3.8, 4) is 11.5 Å². The van der Waals surface area contributed by atoms with Crippen LogP contribution < -0.4 is 15.2 Å². The van der Waals surface area contributed by atoms with E-state index in [0.717, 1.165) is 5.56 Å². The summed E-state index contributed by atoms with van der Waals surface area (Å²) in [4.78, 5) is 13.1. The number of nitrogens with two attached hydrogens (primary N) is 1. The number of aliphatic hydroxyl groups excluding tert-OH is 1. The van der Waals surface area contributed by atoms with Gasteiger partial charge in [0.1, 0.15) is 19.3 Å². The number of carbonyl (C=O) groups excluding carboxylic acids is 1. The third kappa shape index (κ3) is 3.15. The second-order valence-electron chi connectivity index (χ2n) is 4.42. The number of aliphatic hydroxyl groups is 1. The van der Waals surface area contributed by atoms with Gasteiger partial charge in [0.05, 0.1) is 0 Å². The lowest BCUT2D eigenvalue weighted by Gasteiger charge is -2.22. The molecular weight excluding hydrogens is 248 g/mol. The molecule has 0 saturated heterocycles. The van der Waals surface area contributed by atoms with Gasteiger partial charge in [-0.15, -0.1) is 0 Å². The molecule has 1 aromatic carbocycles. The number of hydrogen-bond acceptors (Lipinski definition) is 5. The first-order chi connectivity index (χ1) is 9.11. The first kappa shape index (κ1) is 13.6. The molecule has 6 nitrogen and oxygen atoms in total. The van der Waals surface area contributed by atoms with E-state index in [9.17, 15) is 9.90 Å². The van der Waals surface area contributed by atoms with Crippen molar-refractivity contribution in [1.82, 2.24) is 4.90 Å². The van der Waals surface area contributed by atoms with Crippen LogP contribution in [0.4, 0.5) is 0 Å². The second-order valence-corrected chi connectivity index (χ2v) is 4.42. The minimum absolute atomic E-state index is 0.0791. The van der Waals surface area contributed by atoms with Crippen molar-refractivity contribution in [3.05, 3.63) is 23.8 Å². The Bertz CT molecular complexity index is 464. The van der Waals surface area contributed by atoms with Crippen LogP contribution >= 0.6 is 0 Å². The second kappa shape index (κ2) is 5.90. The molecule has 0 saturated carbocycles. The van der Waals surface area contributed by atoms with Crippen LogP contribution in [0.2, 0.25) is 0 Å². The highest BCUT2D eigenvalue weighted by molar-refractivity contribution is 5.80. The predicted octanol–water partition coefficient (Wildman–Crippen LogP) is -0.264. The molecule has 6 heteroatoms. The Labute approximate surface area is 111 Å². The zero-order valence-electron chi connectivity index (χ0n) is 10.8. The fourth-order valence-corrected chi connectivity index (χ4v) is 1.89. The number of hydrogen-bond donors (Lipinski definition) is 2. The van der Waals surface area contributed by atoms with E-state index < -0.39 is 12.0 Å². The molecule has 1 aromatic rings. The van der Waals surface area contributed by atoms with Gasteiger partial charge in [-0.2, -0.15) is 0 Å². The summed E-state index contributed by atoms with van der Waals surface area (Å²) in [5, 5.41) is 9.41. The summed E-state index contributed by atoms with van der Waals surface area (Å²) in [6, 6.07) is 5.53. The topological polar surface area (TPSA) is 85.0 Å². The van der Waals surface area contributed by atoms with Gasteiger partial charge in [-0.25, -0.2) is 0 Å². The van der Waals surface area contributed by atoms with Crippen molar-refractivity contribution in [2.75, 3.05) is 26.8 Å². The van der Waals surface area contributed by atoms with E-state index in [2.05, 4.69) is 0 Å². The minimum Gasteiger partial charge on any atom is -0.486 e. The monoisotopic (exact) mass is 266 g/mol. The van der Waals surface area contributed by atoms with E-state index in [1.54, 1.807) is 7.05 Å². The molecule has 0 radical (unpaired) electrons. The number of nitrogens with zero attached hydrogens (tertiary/aromatic N) is 1. The highest BCUT2D eigenvalue weighted by Gasteiger charge is 2.19. The standard InChI is InChI=1S/C13H18N2O4/c1-15(13(17)10(16)7-14)8-9-2-3-11-12(6-9)19-5-4-18-11/h2-3,6,10,16H,4-5,7-8,14H2,1H3. The molecule has 2 rings (SSSR count). The quantitative estimate of drug-likeness (QED) is 0.784. The largest absolute Gasteiger partial charge is 0.486 e. The molecule has 1 amide bonds. The van der Waals surface area contributed by atoms with Gasteiger partial charge in [0, 0.05) is 20.1 Å². The zero-order valence-corrected chi connectivity index (χ0v) is 10.8. The van der Waals surface area contributed by atoms with Gasteiger partial charge in [-0.3, -0.25) is 4.79 Å². The van der Waals surface area contributed by atoms with E-state index in [1.807, 2.05) is 18.2 Å². The summed E-state index contributed by atoms with van der Waals surface area (Å²) < 4.78 is 10.9. The van der Waals surface area contributed by atoms with Gasteiger partial charge in [-0.05, 0) is 17.7 Å². The average molecular weight is 266 g/mol. The smallest absolute Gasteiger partial charge is 0.252 e. The molecule has 1 aliphatic rings. The maximum atomic E-state index is 11.7. The lowest BCUT2D eigenvalue weighted by molar-refractivity contribution is -0.138. The van der Waals surface area contributed by atoms with Crippen LogP contribution in [0.3, 0.4) is 0 Å². The summed E-state index contributed by atoms with van der Waals surface area (Å²) in [6.07, 6.45) is -1.15.